The molecule has 1 N–H and O–H groups in total. The molecule has 0 saturated heterocycles. The second-order valence-corrected chi connectivity index (χ2v) is 8.29. The van der Waals surface area contributed by atoms with Gasteiger partial charge < -0.3 is 9.64 Å². The number of carbonyl (C=O) groups excluding carboxylic acids is 3. The van der Waals surface area contributed by atoms with Gasteiger partial charge in [-0.25, -0.2) is 13.7 Å². The van der Waals surface area contributed by atoms with Gasteiger partial charge in [-0.2, -0.15) is 4.98 Å². The zero-order valence-electron chi connectivity index (χ0n) is 18.5. The molecule has 1 aromatic carbocycles. The number of anilines is 1. The summed E-state index contributed by atoms with van der Waals surface area (Å²) >= 11 is 0. The second-order valence-electron chi connectivity index (χ2n) is 8.29. The quantitative estimate of drug-likeness (QED) is 0.607. The summed E-state index contributed by atoms with van der Waals surface area (Å²) in [5.41, 5.74) is 0.881. The van der Waals surface area contributed by atoms with Crippen LogP contribution < -0.4 is 5.32 Å². The number of Topliss-reactive ketones (excluding diaryl/α,β-unsaturated/α-hetero) is 1. The van der Waals surface area contributed by atoms with Gasteiger partial charge in [-0.1, -0.05) is 0 Å². The van der Waals surface area contributed by atoms with Gasteiger partial charge in [0.15, 0.2) is 11.4 Å². The lowest BCUT2D eigenvalue weighted by molar-refractivity contribution is -0.117. The average Bonchev–Trinajstić information content (AvgIpc) is 3.07. The van der Waals surface area contributed by atoms with Crippen LogP contribution in [0.5, 0.6) is 0 Å². The first kappa shape index (κ1) is 22.9. The van der Waals surface area contributed by atoms with E-state index in [2.05, 4.69) is 15.4 Å². The van der Waals surface area contributed by atoms with Crippen LogP contribution in [0.4, 0.5) is 15.1 Å². The lowest BCUT2D eigenvalue weighted by Crippen LogP contribution is -2.38. The van der Waals surface area contributed by atoms with E-state index in [1.165, 1.54) is 36.7 Å². The first-order valence-corrected chi connectivity index (χ1v) is 9.84. The number of hydrogen-bond acceptors (Lipinski definition) is 6. The Morgan fingerprint density at radius 1 is 1.19 bits per heavy atom. The maximum atomic E-state index is 14.3. The van der Waals surface area contributed by atoms with Crippen molar-refractivity contribution < 1.29 is 23.5 Å². The number of nitrogens with one attached hydrogen (secondary N) is 1. The number of pyridine rings is 1. The van der Waals surface area contributed by atoms with E-state index >= 15 is 0 Å². The number of aromatic nitrogens is 3. The van der Waals surface area contributed by atoms with Crippen LogP contribution in [-0.2, 0) is 9.53 Å². The second kappa shape index (κ2) is 8.74. The standard InChI is InChI=1S/C22H24FN5O4/c1-13(29)14-6-8-17(23)16(10-14)15-7-9-18-24-20(26-28(18)11-15)25-19(30)12-27(5)21(31)32-22(2,3)4/h6-11H,12H2,1-5H3,(H,25,26,30). The Morgan fingerprint density at radius 3 is 2.56 bits per heavy atom. The van der Waals surface area contributed by atoms with Crippen molar-refractivity contribution in [3.05, 3.63) is 47.9 Å². The van der Waals surface area contributed by atoms with Gasteiger partial charge in [0.1, 0.15) is 18.0 Å². The summed E-state index contributed by atoms with van der Waals surface area (Å²) < 4.78 is 20.9. The number of hydrogen-bond donors (Lipinski definition) is 1. The number of carbonyl (C=O) groups is 3. The van der Waals surface area contributed by atoms with E-state index in [9.17, 15) is 18.8 Å². The molecule has 2 heterocycles. The van der Waals surface area contributed by atoms with E-state index in [1.54, 1.807) is 39.1 Å². The van der Waals surface area contributed by atoms with Gasteiger partial charge in [0, 0.05) is 29.9 Å². The molecule has 0 fully saturated rings. The van der Waals surface area contributed by atoms with Gasteiger partial charge in [0.25, 0.3) is 0 Å². The largest absolute Gasteiger partial charge is 0.444 e. The van der Waals surface area contributed by atoms with Crippen molar-refractivity contribution >= 4 is 29.4 Å². The zero-order valence-corrected chi connectivity index (χ0v) is 18.5. The molecule has 32 heavy (non-hydrogen) atoms. The van der Waals surface area contributed by atoms with Crippen LogP contribution in [0, 0.1) is 5.82 Å². The highest BCUT2D eigenvalue weighted by Gasteiger charge is 2.21. The summed E-state index contributed by atoms with van der Waals surface area (Å²) in [6.45, 7) is 6.35. The summed E-state index contributed by atoms with van der Waals surface area (Å²) in [7, 11) is 1.45. The highest BCUT2D eigenvalue weighted by Crippen LogP contribution is 2.25. The van der Waals surface area contributed by atoms with Crippen LogP contribution >= 0.6 is 0 Å². The molecule has 0 atom stereocenters. The minimum atomic E-state index is -0.675. The highest BCUT2D eigenvalue weighted by molar-refractivity contribution is 5.95. The molecule has 9 nitrogen and oxygen atoms in total. The predicted octanol–water partition coefficient (Wildman–Crippen LogP) is 3.54. The van der Waals surface area contributed by atoms with Crippen LogP contribution in [0.1, 0.15) is 38.1 Å². The van der Waals surface area contributed by atoms with Crippen molar-refractivity contribution in [2.45, 2.75) is 33.3 Å². The van der Waals surface area contributed by atoms with E-state index in [0.717, 1.165) is 4.90 Å². The van der Waals surface area contributed by atoms with Gasteiger partial charge in [0.05, 0.1) is 0 Å². The summed E-state index contributed by atoms with van der Waals surface area (Å²) in [5.74, 6) is -1.13. The van der Waals surface area contributed by atoms with Crippen LogP contribution in [0.25, 0.3) is 16.8 Å². The Kier molecular flexibility index (Phi) is 6.24. The lowest BCUT2D eigenvalue weighted by Gasteiger charge is -2.24. The molecule has 2 amide bonds. The minimum Gasteiger partial charge on any atom is -0.444 e. The Labute approximate surface area is 184 Å². The average molecular weight is 441 g/mol. The van der Waals surface area contributed by atoms with Crippen LogP contribution in [0.3, 0.4) is 0 Å². The fraction of sp³-hybridized carbons (Fsp3) is 0.318. The third-order valence-corrected chi connectivity index (χ3v) is 4.35. The fourth-order valence-corrected chi connectivity index (χ4v) is 2.84. The Bertz CT molecular complexity index is 1200. The number of nitrogens with zero attached hydrogens (tertiary/aromatic N) is 4. The molecule has 3 aromatic rings. The number of ether oxygens (including phenoxy) is 1. The minimum absolute atomic E-state index is 0.0303. The highest BCUT2D eigenvalue weighted by atomic mass is 19.1. The Hall–Kier alpha value is -3.82. The summed E-state index contributed by atoms with van der Waals surface area (Å²) in [6, 6.07) is 7.41. The first-order chi connectivity index (χ1) is 14.9. The number of benzene rings is 1. The topological polar surface area (TPSA) is 106 Å². The maximum Gasteiger partial charge on any atom is 0.410 e. The van der Waals surface area contributed by atoms with E-state index in [0.29, 0.717) is 16.8 Å². The molecular weight excluding hydrogens is 417 g/mol. The summed E-state index contributed by atoms with van der Waals surface area (Å²) in [6.07, 6.45) is 0.919. The summed E-state index contributed by atoms with van der Waals surface area (Å²) in [5, 5.41) is 6.71. The van der Waals surface area contributed by atoms with E-state index in [4.69, 9.17) is 4.74 Å². The van der Waals surface area contributed by atoms with Crippen LogP contribution in [0.15, 0.2) is 36.5 Å². The molecule has 0 unspecified atom stereocenters. The molecule has 0 radical (unpaired) electrons. The smallest absolute Gasteiger partial charge is 0.410 e. The molecule has 0 spiro atoms. The number of likely N-dealkylation sites (N-methyl/N-ethyl adjacent to an activating group) is 1. The van der Waals surface area contributed by atoms with E-state index in [1.807, 2.05) is 0 Å². The van der Waals surface area contributed by atoms with Gasteiger partial charge in [-0.05, 0) is 58.0 Å². The monoisotopic (exact) mass is 441 g/mol. The van der Waals surface area contributed by atoms with Gasteiger partial charge in [-0.15, -0.1) is 5.10 Å². The maximum absolute atomic E-state index is 14.3. The molecule has 0 aliphatic carbocycles. The predicted molar refractivity (Wildman–Crippen MR) is 116 cm³/mol. The fourth-order valence-electron chi connectivity index (χ4n) is 2.84. The van der Waals surface area contributed by atoms with Gasteiger partial charge in [-0.3, -0.25) is 14.9 Å². The SMILES string of the molecule is CC(=O)c1ccc(F)c(-c2ccc3nc(NC(=O)CN(C)C(=O)OC(C)(C)C)nn3c2)c1. The molecule has 0 bridgehead atoms. The van der Waals surface area contributed by atoms with Crippen molar-refractivity contribution in [1.29, 1.82) is 0 Å². The van der Waals surface area contributed by atoms with Crippen molar-refractivity contribution in [3.63, 3.8) is 0 Å². The third kappa shape index (κ3) is 5.45. The lowest BCUT2D eigenvalue weighted by atomic mass is 10.0. The summed E-state index contributed by atoms with van der Waals surface area (Å²) in [4.78, 5) is 41.2. The van der Waals surface area contributed by atoms with Crippen LogP contribution in [0.2, 0.25) is 0 Å². The van der Waals surface area contributed by atoms with E-state index < -0.39 is 23.4 Å². The molecule has 0 aliphatic heterocycles. The number of amides is 2. The first-order valence-electron chi connectivity index (χ1n) is 9.84. The number of ketones is 1. The van der Waals surface area contributed by atoms with Gasteiger partial charge in [0.2, 0.25) is 11.9 Å². The molecule has 0 aliphatic rings. The van der Waals surface area contributed by atoms with Crippen molar-refractivity contribution in [2.24, 2.45) is 0 Å². The normalized spacial score (nSPS) is 11.3. The Balaban J connectivity index is 1.76. The van der Waals surface area contributed by atoms with Crippen molar-refractivity contribution in [1.82, 2.24) is 19.5 Å². The molecule has 168 valence electrons. The van der Waals surface area contributed by atoms with E-state index in [-0.39, 0.29) is 23.8 Å². The molecular formula is C22H24FN5O4. The molecule has 0 saturated carbocycles. The molecule has 10 heteroatoms. The Morgan fingerprint density at radius 2 is 1.91 bits per heavy atom. The molecule has 3 rings (SSSR count). The number of fused-ring (bicyclic) bond motifs is 1. The van der Waals surface area contributed by atoms with Crippen molar-refractivity contribution in [3.8, 4) is 11.1 Å². The molecule has 2 aromatic heterocycles. The van der Waals surface area contributed by atoms with Gasteiger partial charge >= 0.3 is 6.09 Å². The number of halogens is 1. The van der Waals surface area contributed by atoms with Crippen LogP contribution in [-0.4, -0.2) is 56.5 Å². The third-order valence-electron chi connectivity index (χ3n) is 4.35. The zero-order chi connectivity index (χ0) is 23.6. The number of rotatable bonds is 5. The van der Waals surface area contributed by atoms with Crippen molar-refractivity contribution in [2.75, 3.05) is 18.9 Å².